The van der Waals surface area contributed by atoms with Gasteiger partial charge in [0, 0.05) is 6.54 Å². The summed E-state index contributed by atoms with van der Waals surface area (Å²) >= 11 is 5.85. The Hall–Kier alpha value is -0.260. The Kier molecular flexibility index (Phi) is 3.53. The maximum atomic E-state index is 8.66. The maximum absolute atomic E-state index is 8.66. The lowest BCUT2D eigenvalue weighted by molar-refractivity contribution is 0.111. The molecule has 0 radical (unpaired) electrons. The molecule has 2 aliphatic rings. The molecule has 1 aliphatic heterocycles. The summed E-state index contributed by atoms with van der Waals surface area (Å²) in [6, 6.07) is 2.10. The highest BCUT2D eigenvalue weighted by molar-refractivity contribution is 6.22. The molecule has 0 aromatic carbocycles. The fourth-order valence-electron chi connectivity index (χ4n) is 3.10. The number of likely N-dealkylation sites (tertiary alicyclic amines) is 1. The van der Waals surface area contributed by atoms with Gasteiger partial charge in [0.1, 0.15) is 5.38 Å². The first-order valence-electron chi connectivity index (χ1n) is 6.00. The van der Waals surface area contributed by atoms with E-state index in [0.717, 1.165) is 19.6 Å². The van der Waals surface area contributed by atoms with Crippen LogP contribution in [0.3, 0.4) is 0 Å². The van der Waals surface area contributed by atoms with Gasteiger partial charge in [-0.2, -0.15) is 5.26 Å². The van der Waals surface area contributed by atoms with E-state index in [9.17, 15) is 0 Å². The molecule has 2 nitrogen and oxygen atoms in total. The molecule has 0 aromatic heterocycles. The molecule has 0 amide bonds. The number of piperidine rings is 1. The van der Waals surface area contributed by atoms with Gasteiger partial charge in [0.05, 0.1) is 6.07 Å². The molecule has 0 aromatic rings. The van der Waals surface area contributed by atoms with E-state index >= 15 is 0 Å². The number of hydrogen-bond acceptors (Lipinski definition) is 2. The summed E-state index contributed by atoms with van der Waals surface area (Å²) in [6.07, 6.45) is 8.36. The zero-order chi connectivity index (χ0) is 10.7. The van der Waals surface area contributed by atoms with Gasteiger partial charge in [-0.15, -0.1) is 11.6 Å². The van der Waals surface area contributed by atoms with Crippen LogP contribution >= 0.6 is 11.6 Å². The molecule has 0 bridgehead atoms. The normalized spacial score (nSPS) is 27.7. The summed E-state index contributed by atoms with van der Waals surface area (Å²) in [7, 11) is 0. The molecular formula is C12H19ClN2. The van der Waals surface area contributed by atoms with Gasteiger partial charge in [0.2, 0.25) is 0 Å². The molecule has 1 saturated heterocycles. The Bertz CT molecular complexity index is 243. The molecule has 1 atom stereocenters. The van der Waals surface area contributed by atoms with Crippen molar-refractivity contribution in [2.75, 3.05) is 19.6 Å². The number of nitriles is 1. The third-order valence-electron chi connectivity index (χ3n) is 4.14. The molecule has 0 N–H and O–H groups in total. The van der Waals surface area contributed by atoms with Gasteiger partial charge in [-0.3, -0.25) is 0 Å². The Morgan fingerprint density at radius 3 is 2.33 bits per heavy atom. The molecular weight excluding hydrogens is 208 g/mol. The summed E-state index contributed by atoms with van der Waals surface area (Å²) in [4.78, 5) is 2.35. The maximum Gasteiger partial charge on any atom is 0.133 e. The van der Waals surface area contributed by atoms with E-state index in [-0.39, 0.29) is 5.38 Å². The Morgan fingerprint density at radius 2 is 1.80 bits per heavy atom. The van der Waals surface area contributed by atoms with Crippen LogP contribution in [0, 0.1) is 16.7 Å². The van der Waals surface area contributed by atoms with Crippen LogP contribution in [0.4, 0.5) is 0 Å². The molecule has 1 spiro atoms. The number of rotatable bonds is 2. The van der Waals surface area contributed by atoms with Crippen molar-refractivity contribution in [3.63, 3.8) is 0 Å². The van der Waals surface area contributed by atoms with Gasteiger partial charge in [0.15, 0.2) is 0 Å². The van der Waals surface area contributed by atoms with Gasteiger partial charge in [0.25, 0.3) is 0 Å². The van der Waals surface area contributed by atoms with E-state index < -0.39 is 0 Å². The van der Waals surface area contributed by atoms with Crippen molar-refractivity contribution in [3.05, 3.63) is 0 Å². The van der Waals surface area contributed by atoms with Crippen LogP contribution in [0.5, 0.6) is 0 Å². The molecule has 15 heavy (non-hydrogen) atoms. The quantitative estimate of drug-likeness (QED) is 0.677. The van der Waals surface area contributed by atoms with Gasteiger partial charge in [-0.25, -0.2) is 0 Å². The molecule has 3 heteroatoms. The van der Waals surface area contributed by atoms with Gasteiger partial charge in [-0.1, -0.05) is 12.8 Å². The van der Waals surface area contributed by atoms with Crippen LogP contribution in [0.15, 0.2) is 0 Å². The van der Waals surface area contributed by atoms with Crippen molar-refractivity contribution in [1.82, 2.24) is 4.90 Å². The predicted molar refractivity (Wildman–Crippen MR) is 61.8 cm³/mol. The van der Waals surface area contributed by atoms with Crippen molar-refractivity contribution in [2.24, 2.45) is 5.41 Å². The first-order chi connectivity index (χ1) is 7.24. The average Bonchev–Trinajstić information content (AvgIpc) is 2.70. The van der Waals surface area contributed by atoms with Crippen molar-refractivity contribution >= 4 is 11.6 Å². The lowest BCUT2D eigenvalue weighted by Gasteiger charge is -2.39. The minimum absolute atomic E-state index is 0.331. The van der Waals surface area contributed by atoms with E-state index in [1.807, 2.05) is 0 Å². The SMILES string of the molecule is N#CC(Cl)CN1CCC2(CCCC2)CC1. The summed E-state index contributed by atoms with van der Waals surface area (Å²) in [5.74, 6) is 0. The second kappa shape index (κ2) is 4.72. The van der Waals surface area contributed by atoms with Crippen molar-refractivity contribution in [2.45, 2.75) is 43.9 Å². The number of halogens is 1. The highest BCUT2D eigenvalue weighted by Crippen LogP contribution is 2.46. The first kappa shape index (κ1) is 11.2. The summed E-state index contributed by atoms with van der Waals surface area (Å²) in [5, 5.41) is 8.33. The molecule has 1 heterocycles. The summed E-state index contributed by atoms with van der Waals surface area (Å²) < 4.78 is 0. The van der Waals surface area contributed by atoms with Gasteiger partial charge in [-0.05, 0) is 44.2 Å². The molecule has 1 unspecified atom stereocenters. The summed E-state index contributed by atoms with van der Waals surface area (Å²) in [6.45, 7) is 3.03. The third kappa shape index (κ3) is 2.65. The topological polar surface area (TPSA) is 27.0 Å². The number of alkyl halides is 1. The fourth-order valence-corrected chi connectivity index (χ4v) is 3.30. The monoisotopic (exact) mass is 226 g/mol. The van der Waals surface area contributed by atoms with Crippen LogP contribution in [-0.2, 0) is 0 Å². The van der Waals surface area contributed by atoms with Crippen LogP contribution in [0.1, 0.15) is 38.5 Å². The van der Waals surface area contributed by atoms with Crippen LogP contribution in [-0.4, -0.2) is 29.9 Å². The van der Waals surface area contributed by atoms with Crippen molar-refractivity contribution in [3.8, 4) is 6.07 Å². The van der Waals surface area contributed by atoms with Gasteiger partial charge >= 0.3 is 0 Å². The van der Waals surface area contributed by atoms with Crippen molar-refractivity contribution in [1.29, 1.82) is 5.26 Å². The molecule has 84 valence electrons. The fraction of sp³-hybridized carbons (Fsp3) is 0.917. The smallest absolute Gasteiger partial charge is 0.133 e. The van der Waals surface area contributed by atoms with Crippen LogP contribution in [0.25, 0.3) is 0 Å². The Morgan fingerprint density at radius 1 is 1.20 bits per heavy atom. The zero-order valence-corrected chi connectivity index (χ0v) is 9.97. The standard InChI is InChI=1S/C12H19ClN2/c13-11(9-14)10-15-7-5-12(6-8-15)3-1-2-4-12/h11H,1-8,10H2. The van der Waals surface area contributed by atoms with E-state index in [4.69, 9.17) is 16.9 Å². The molecule has 2 rings (SSSR count). The zero-order valence-electron chi connectivity index (χ0n) is 9.21. The van der Waals surface area contributed by atoms with E-state index in [1.165, 1.54) is 38.5 Å². The lowest BCUT2D eigenvalue weighted by Crippen LogP contribution is -2.41. The van der Waals surface area contributed by atoms with E-state index in [0.29, 0.717) is 5.41 Å². The van der Waals surface area contributed by atoms with E-state index in [1.54, 1.807) is 0 Å². The second-order valence-electron chi connectivity index (χ2n) is 5.10. The second-order valence-corrected chi connectivity index (χ2v) is 5.63. The molecule has 2 fully saturated rings. The highest BCUT2D eigenvalue weighted by Gasteiger charge is 2.36. The molecule has 1 saturated carbocycles. The number of hydrogen-bond donors (Lipinski definition) is 0. The minimum Gasteiger partial charge on any atom is -0.301 e. The van der Waals surface area contributed by atoms with Crippen molar-refractivity contribution < 1.29 is 0 Å². The highest BCUT2D eigenvalue weighted by atomic mass is 35.5. The summed E-state index contributed by atoms with van der Waals surface area (Å²) in [5.41, 5.74) is 0.672. The Balaban J connectivity index is 1.79. The Labute approximate surface area is 97.2 Å². The van der Waals surface area contributed by atoms with Crippen LogP contribution < -0.4 is 0 Å². The predicted octanol–water partition coefficient (Wildman–Crippen LogP) is 2.77. The minimum atomic E-state index is -0.331. The van der Waals surface area contributed by atoms with E-state index in [2.05, 4.69) is 11.0 Å². The third-order valence-corrected chi connectivity index (χ3v) is 4.38. The number of nitrogens with zero attached hydrogens (tertiary/aromatic N) is 2. The van der Waals surface area contributed by atoms with Crippen LogP contribution in [0.2, 0.25) is 0 Å². The first-order valence-corrected chi connectivity index (χ1v) is 6.44. The average molecular weight is 227 g/mol. The van der Waals surface area contributed by atoms with Gasteiger partial charge < -0.3 is 4.90 Å². The largest absolute Gasteiger partial charge is 0.301 e. The lowest BCUT2D eigenvalue weighted by atomic mass is 9.77. The molecule has 1 aliphatic carbocycles.